The van der Waals surface area contributed by atoms with Crippen molar-refractivity contribution in [1.82, 2.24) is 0 Å². The predicted molar refractivity (Wildman–Crippen MR) is 63.1 cm³/mol. The van der Waals surface area contributed by atoms with Crippen molar-refractivity contribution in [2.24, 2.45) is 4.99 Å². The molecule has 15 heavy (non-hydrogen) atoms. The molecule has 0 aromatic heterocycles. The molecule has 2 rings (SSSR count). The van der Waals surface area contributed by atoms with Gasteiger partial charge in [-0.05, 0) is 43.4 Å². The van der Waals surface area contributed by atoms with E-state index in [0.717, 1.165) is 37.0 Å². The van der Waals surface area contributed by atoms with E-state index in [1.54, 1.807) is 0 Å². The van der Waals surface area contributed by atoms with Crippen molar-refractivity contribution >= 4 is 5.71 Å². The monoisotopic (exact) mass is 203 g/mol. The number of nitrogens with zero attached hydrogens (tertiary/aromatic N) is 1. The summed E-state index contributed by atoms with van der Waals surface area (Å²) in [6, 6.07) is 0.393. The average Bonchev–Trinajstić information content (AvgIpc) is 2.25. The Morgan fingerprint density at radius 3 is 2.27 bits per heavy atom. The molecule has 0 atom stereocenters. The summed E-state index contributed by atoms with van der Waals surface area (Å²) in [5, 5.41) is 9.38. The molecule has 1 saturated carbocycles. The minimum absolute atomic E-state index is 0.0985. The largest absolute Gasteiger partial charge is 0.393 e. The summed E-state index contributed by atoms with van der Waals surface area (Å²) >= 11 is 0. The predicted octanol–water partition coefficient (Wildman–Crippen LogP) is 2.41. The molecule has 0 spiro atoms. The number of allylic oxidation sites excluding steroid dienone is 5. The van der Waals surface area contributed by atoms with Crippen molar-refractivity contribution in [3.63, 3.8) is 0 Å². The fourth-order valence-corrected chi connectivity index (χ4v) is 1.98. The molecule has 2 heteroatoms. The van der Waals surface area contributed by atoms with Gasteiger partial charge < -0.3 is 5.11 Å². The maximum absolute atomic E-state index is 9.38. The van der Waals surface area contributed by atoms with E-state index in [0.29, 0.717) is 6.04 Å². The highest BCUT2D eigenvalue weighted by Crippen LogP contribution is 2.21. The first-order valence-electron chi connectivity index (χ1n) is 5.55. The molecule has 0 aliphatic heterocycles. The summed E-state index contributed by atoms with van der Waals surface area (Å²) < 4.78 is 0. The molecule has 0 heterocycles. The van der Waals surface area contributed by atoms with Gasteiger partial charge in [0.1, 0.15) is 0 Å². The van der Waals surface area contributed by atoms with Gasteiger partial charge in [-0.2, -0.15) is 0 Å². The van der Waals surface area contributed by atoms with E-state index in [9.17, 15) is 5.11 Å². The lowest BCUT2D eigenvalue weighted by Gasteiger charge is -2.22. The Morgan fingerprint density at radius 1 is 1.07 bits per heavy atom. The quantitative estimate of drug-likeness (QED) is 0.697. The van der Waals surface area contributed by atoms with Gasteiger partial charge in [-0.3, -0.25) is 4.99 Å². The van der Waals surface area contributed by atoms with E-state index in [-0.39, 0.29) is 6.10 Å². The maximum atomic E-state index is 9.38. The van der Waals surface area contributed by atoms with E-state index >= 15 is 0 Å². The number of hydrogen-bond acceptors (Lipinski definition) is 2. The molecule has 2 aliphatic carbocycles. The minimum atomic E-state index is -0.0985. The third-order valence-electron chi connectivity index (χ3n) is 2.93. The van der Waals surface area contributed by atoms with Gasteiger partial charge in [0.2, 0.25) is 0 Å². The van der Waals surface area contributed by atoms with Gasteiger partial charge in [-0.25, -0.2) is 0 Å². The summed E-state index contributed by atoms with van der Waals surface area (Å²) in [5.41, 5.74) is 2.05. The van der Waals surface area contributed by atoms with Crippen LogP contribution in [0.4, 0.5) is 0 Å². The Kier molecular flexibility index (Phi) is 3.17. The van der Waals surface area contributed by atoms with E-state index in [1.165, 1.54) is 0 Å². The first kappa shape index (κ1) is 10.4. The van der Waals surface area contributed by atoms with Crippen molar-refractivity contribution in [1.29, 1.82) is 0 Å². The molecule has 1 fully saturated rings. The molecule has 0 radical (unpaired) electrons. The smallest absolute Gasteiger partial charge is 0.0578 e. The van der Waals surface area contributed by atoms with Crippen molar-refractivity contribution in [3.05, 3.63) is 36.5 Å². The molecular weight excluding hydrogens is 186 g/mol. The highest BCUT2D eigenvalue weighted by molar-refractivity contribution is 6.05. The average molecular weight is 203 g/mol. The Morgan fingerprint density at radius 2 is 1.67 bits per heavy atom. The Balaban J connectivity index is 1.96. The lowest BCUT2D eigenvalue weighted by molar-refractivity contribution is 0.123. The number of rotatable bonds is 1. The van der Waals surface area contributed by atoms with Crippen LogP contribution in [0.5, 0.6) is 0 Å². The van der Waals surface area contributed by atoms with Gasteiger partial charge in [0.05, 0.1) is 17.9 Å². The highest BCUT2D eigenvalue weighted by Gasteiger charge is 2.18. The molecule has 80 valence electrons. The van der Waals surface area contributed by atoms with E-state index < -0.39 is 0 Å². The summed E-state index contributed by atoms with van der Waals surface area (Å²) in [7, 11) is 0. The minimum Gasteiger partial charge on any atom is -0.393 e. The fraction of sp³-hybridized carbons (Fsp3) is 0.462. The van der Waals surface area contributed by atoms with Crippen molar-refractivity contribution < 1.29 is 5.11 Å². The molecular formula is C13H17NO. The van der Waals surface area contributed by atoms with Gasteiger partial charge in [0, 0.05) is 0 Å². The van der Waals surface area contributed by atoms with E-state index in [2.05, 4.69) is 11.6 Å². The summed E-state index contributed by atoms with van der Waals surface area (Å²) in [6.07, 6.45) is 11.7. The zero-order valence-electron chi connectivity index (χ0n) is 8.89. The second-order valence-electron chi connectivity index (χ2n) is 4.26. The zero-order valence-corrected chi connectivity index (χ0v) is 8.89. The lowest BCUT2D eigenvalue weighted by Crippen LogP contribution is -2.21. The highest BCUT2D eigenvalue weighted by atomic mass is 16.3. The Labute approximate surface area is 90.7 Å². The van der Waals surface area contributed by atoms with Crippen LogP contribution in [0, 0.1) is 0 Å². The maximum Gasteiger partial charge on any atom is 0.0578 e. The number of aliphatic imine (C=N–C) groups is 1. The molecule has 0 aromatic rings. The molecule has 2 nitrogen and oxygen atoms in total. The lowest BCUT2D eigenvalue weighted by atomic mass is 9.93. The third-order valence-corrected chi connectivity index (χ3v) is 2.93. The van der Waals surface area contributed by atoms with Crippen LogP contribution in [0.25, 0.3) is 0 Å². The van der Waals surface area contributed by atoms with Crippen LogP contribution < -0.4 is 0 Å². The van der Waals surface area contributed by atoms with Crippen LogP contribution in [-0.2, 0) is 0 Å². The topological polar surface area (TPSA) is 32.6 Å². The molecule has 1 N–H and O–H groups in total. The number of aliphatic hydroxyl groups is 1. The van der Waals surface area contributed by atoms with Gasteiger partial charge in [-0.15, -0.1) is 0 Å². The molecule has 0 amide bonds. The Hall–Kier alpha value is -1.15. The van der Waals surface area contributed by atoms with E-state index in [1.807, 2.05) is 24.3 Å². The Bertz CT molecular complexity index is 312. The SMILES string of the molecule is C=C1C=CC(=NC2CCC(O)CC2)C=C1. The standard InChI is InChI=1S/C13H17NO/c1-10-2-4-11(5-3-10)14-12-6-8-13(15)9-7-12/h2-5,12-13,15H,1,6-9H2. The first-order valence-corrected chi connectivity index (χ1v) is 5.55. The zero-order chi connectivity index (χ0) is 10.7. The molecule has 2 aliphatic rings. The van der Waals surface area contributed by atoms with Crippen LogP contribution in [0.1, 0.15) is 25.7 Å². The van der Waals surface area contributed by atoms with Gasteiger partial charge in [-0.1, -0.05) is 18.7 Å². The third kappa shape index (κ3) is 2.90. The van der Waals surface area contributed by atoms with Crippen LogP contribution in [0.15, 0.2) is 41.4 Å². The molecule has 0 bridgehead atoms. The van der Waals surface area contributed by atoms with Gasteiger partial charge >= 0.3 is 0 Å². The van der Waals surface area contributed by atoms with E-state index in [4.69, 9.17) is 0 Å². The summed E-state index contributed by atoms with van der Waals surface area (Å²) in [6.45, 7) is 3.84. The van der Waals surface area contributed by atoms with Crippen molar-refractivity contribution in [2.75, 3.05) is 0 Å². The second kappa shape index (κ2) is 4.58. The number of aliphatic hydroxyl groups excluding tert-OH is 1. The van der Waals surface area contributed by atoms with Crippen LogP contribution in [0.3, 0.4) is 0 Å². The van der Waals surface area contributed by atoms with Gasteiger partial charge in [0.15, 0.2) is 0 Å². The van der Waals surface area contributed by atoms with Crippen LogP contribution in [-0.4, -0.2) is 23.0 Å². The van der Waals surface area contributed by atoms with Crippen LogP contribution >= 0.6 is 0 Å². The molecule has 0 aromatic carbocycles. The van der Waals surface area contributed by atoms with Crippen LogP contribution in [0.2, 0.25) is 0 Å². The summed E-state index contributed by atoms with van der Waals surface area (Å²) in [5.74, 6) is 0. The normalized spacial score (nSPS) is 30.7. The molecule has 0 saturated heterocycles. The van der Waals surface area contributed by atoms with Crippen molar-refractivity contribution in [2.45, 2.75) is 37.8 Å². The fourth-order valence-electron chi connectivity index (χ4n) is 1.98. The number of hydrogen-bond donors (Lipinski definition) is 1. The van der Waals surface area contributed by atoms with Gasteiger partial charge in [0.25, 0.3) is 0 Å². The molecule has 0 unspecified atom stereocenters. The second-order valence-corrected chi connectivity index (χ2v) is 4.26. The first-order chi connectivity index (χ1) is 7.24. The van der Waals surface area contributed by atoms with Crippen molar-refractivity contribution in [3.8, 4) is 0 Å². The summed E-state index contributed by atoms with van der Waals surface area (Å²) in [4.78, 5) is 4.65.